The first kappa shape index (κ1) is 17.8. The van der Waals surface area contributed by atoms with Crippen LogP contribution in [0.25, 0.3) is 22.0 Å². The summed E-state index contributed by atoms with van der Waals surface area (Å²) in [6.07, 6.45) is 1.72. The van der Waals surface area contributed by atoms with Crippen molar-refractivity contribution < 1.29 is 8.95 Å². The van der Waals surface area contributed by atoms with Gasteiger partial charge in [-0.25, -0.2) is 4.21 Å². The van der Waals surface area contributed by atoms with Crippen molar-refractivity contribution in [2.45, 2.75) is 4.90 Å². The van der Waals surface area contributed by atoms with Crippen LogP contribution in [0.5, 0.6) is 5.75 Å². The highest BCUT2D eigenvalue weighted by Crippen LogP contribution is 2.35. The zero-order valence-electron chi connectivity index (χ0n) is 14.0. The van der Waals surface area contributed by atoms with Gasteiger partial charge in [-0.1, -0.05) is 29.0 Å². The second-order valence-corrected chi connectivity index (χ2v) is 7.98. The standard InChI is InChI=1S/C18H13ClN4O2S2/c1-25-16-9-12(19)2-4-15(16)17-14-5-3-13(8-11(14)6-7-20-17)27(24)23-18-22-21-10-26-18/h2-10H,1H3,(H,22,23). The molecule has 1 unspecified atom stereocenters. The van der Waals surface area contributed by atoms with Crippen molar-refractivity contribution in [2.75, 3.05) is 11.8 Å². The molecule has 0 fully saturated rings. The van der Waals surface area contributed by atoms with E-state index >= 15 is 0 Å². The number of rotatable bonds is 5. The van der Waals surface area contributed by atoms with E-state index in [1.807, 2.05) is 24.3 Å². The molecule has 27 heavy (non-hydrogen) atoms. The average molecular weight is 417 g/mol. The number of aromatic nitrogens is 3. The van der Waals surface area contributed by atoms with Gasteiger partial charge in [0.1, 0.15) is 11.3 Å². The Kier molecular flexibility index (Phi) is 5.02. The third kappa shape index (κ3) is 3.64. The van der Waals surface area contributed by atoms with Gasteiger partial charge < -0.3 is 4.74 Å². The molecule has 0 aliphatic rings. The van der Waals surface area contributed by atoms with Crippen LogP contribution in [0.4, 0.5) is 5.13 Å². The molecule has 6 nitrogen and oxygen atoms in total. The van der Waals surface area contributed by atoms with Crippen molar-refractivity contribution >= 4 is 49.8 Å². The minimum Gasteiger partial charge on any atom is -0.496 e. The Balaban J connectivity index is 1.76. The van der Waals surface area contributed by atoms with E-state index in [1.165, 1.54) is 11.3 Å². The van der Waals surface area contributed by atoms with Gasteiger partial charge in [0.25, 0.3) is 0 Å². The fourth-order valence-electron chi connectivity index (χ4n) is 2.70. The fraction of sp³-hybridized carbons (Fsp3) is 0.0556. The number of halogens is 1. The smallest absolute Gasteiger partial charge is 0.217 e. The highest BCUT2D eigenvalue weighted by molar-refractivity contribution is 7.86. The summed E-state index contributed by atoms with van der Waals surface area (Å²) in [7, 11) is 0.164. The van der Waals surface area contributed by atoms with E-state index in [2.05, 4.69) is 19.9 Å². The second-order valence-electron chi connectivity index (χ2n) is 5.50. The topological polar surface area (TPSA) is 77.0 Å². The number of hydrogen-bond acceptors (Lipinski definition) is 6. The number of hydrogen-bond donors (Lipinski definition) is 1. The Hall–Kier alpha value is -2.55. The first-order chi connectivity index (χ1) is 13.2. The van der Waals surface area contributed by atoms with Crippen LogP contribution in [0, 0.1) is 0 Å². The number of nitrogens with one attached hydrogen (secondary N) is 1. The lowest BCUT2D eigenvalue weighted by molar-refractivity contribution is 0.416. The minimum absolute atomic E-state index is 0.509. The van der Waals surface area contributed by atoms with Gasteiger partial charge in [-0.3, -0.25) is 9.71 Å². The largest absolute Gasteiger partial charge is 0.496 e. The third-order valence-electron chi connectivity index (χ3n) is 3.91. The summed E-state index contributed by atoms with van der Waals surface area (Å²) in [5.74, 6) is 0.646. The molecule has 0 saturated carbocycles. The zero-order valence-corrected chi connectivity index (χ0v) is 16.4. The number of pyridine rings is 1. The monoisotopic (exact) mass is 416 g/mol. The van der Waals surface area contributed by atoms with E-state index in [-0.39, 0.29) is 0 Å². The van der Waals surface area contributed by atoms with Gasteiger partial charge in [0, 0.05) is 22.2 Å². The minimum atomic E-state index is -1.43. The number of ether oxygens (including phenoxy) is 1. The van der Waals surface area contributed by atoms with Crippen LogP contribution in [-0.2, 0) is 11.0 Å². The highest BCUT2D eigenvalue weighted by Gasteiger charge is 2.13. The number of benzene rings is 2. The van der Waals surface area contributed by atoms with Crippen molar-refractivity contribution in [3.63, 3.8) is 0 Å². The maximum absolute atomic E-state index is 12.5. The number of fused-ring (bicyclic) bond motifs is 1. The van der Waals surface area contributed by atoms with E-state index in [0.717, 1.165) is 22.0 Å². The van der Waals surface area contributed by atoms with Crippen LogP contribution in [0.3, 0.4) is 0 Å². The molecule has 9 heteroatoms. The zero-order chi connectivity index (χ0) is 18.8. The molecule has 0 spiro atoms. The molecule has 2 heterocycles. The summed E-state index contributed by atoms with van der Waals surface area (Å²) in [5, 5.41) is 10.5. The predicted octanol–water partition coefficient (Wildman–Crippen LogP) is 4.55. The van der Waals surface area contributed by atoms with Crippen molar-refractivity contribution in [3.05, 3.63) is 59.2 Å². The maximum atomic E-state index is 12.5. The Morgan fingerprint density at radius 2 is 2.07 bits per heavy atom. The molecule has 1 atom stereocenters. The van der Waals surface area contributed by atoms with E-state index in [4.69, 9.17) is 16.3 Å². The molecule has 2 aromatic heterocycles. The van der Waals surface area contributed by atoms with Crippen molar-refractivity contribution in [2.24, 2.45) is 0 Å². The summed E-state index contributed by atoms with van der Waals surface area (Å²) in [6, 6.07) is 12.9. The van der Waals surface area contributed by atoms with Crippen LogP contribution in [0.15, 0.2) is 59.1 Å². The van der Waals surface area contributed by atoms with E-state index in [0.29, 0.717) is 20.8 Å². The highest BCUT2D eigenvalue weighted by atomic mass is 35.5. The molecule has 0 saturated heterocycles. The second kappa shape index (κ2) is 7.59. The number of anilines is 1. The lowest BCUT2D eigenvalue weighted by Gasteiger charge is -2.11. The molecule has 1 N–H and O–H groups in total. The quantitative estimate of drug-likeness (QED) is 0.516. The lowest BCUT2D eigenvalue weighted by Crippen LogP contribution is -2.04. The molecule has 0 radical (unpaired) electrons. The van der Waals surface area contributed by atoms with Gasteiger partial charge in [0.15, 0.2) is 11.0 Å². The summed E-state index contributed by atoms with van der Waals surface area (Å²) < 4.78 is 20.8. The Morgan fingerprint density at radius 3 is 2.85 bits per heavy atom. The van der Waals surface area contributed by atoms with Gasteiger partial charge in [0.05, 0.1) is 17.7 Å². The lowest BCUT2D eigenvalue weighted by atomic mass is 10.0. The van der Waals surface area contributed by atoms with Crippen molar-refractivity contribution in [3.8, 4) is 17.0 Å². The van der Waals surface area contributed by atoms with Gasteiger partial charge >= 0.3 is 0 Å². The summed E-state index contributed by atoms with van der Waals surface area (Å²) in [4.78, 5) is 5.16. The van der Waals surface area contributed by atoms with Crippen molar-refractivity contribution in [1.82, 2.24) is 15.2 Å². The average Bonchev–Trinajstić information content (AvgIpc) is 3.20. The predicted molar refractivity (Wildman–Crippen MR) is 109 cm³/mol. The Labute approximate surface area is 166 Å². The molecule has 136 valence electrons. The van der Waals surface area contributed by atoms with Gasteiger partial charge in [-0.05, 0) is 41.8 Å². The van der Waals surface area contributed by atoms with E-state index in [1.54, 1.807) is 37.0 Å². The third-order valence-corrected chi connectivity index (χ3v) is 5.94. The van der Waals surface area contributed by atoms with Crippen LogP contribution >= 0.6 is 22.9 Å². The van der Waals surface area contributed by atoms with Crippen LogP contribution in [0.1, 0.15) is 0 Å². The molecule has 0 aliphatic heterocycles. The summed E-state index contributed by atoms with van der Waals surface area (Å²) in [6.45, 7) is 0. The normalized spacial score (nSPS) is 12.1. The molecular weight excluding hydrogens is 404 g/mol. The van der Waals surface area contributed by atoms with Gasteiger partial charge in [-0.2, -0.15) is 0 Å². The van der Waals surface area contributed by atoms with E-state index in [9.17, 15) is 4.21 Å². The van der Waals surface area contributed by atoms with Gasteiger partial charge in [-0.15, -0.1) is 10.2 Å². The molecule has 4 rings (SSSR count). The summed E-state index contributed by atoms with van der Waals surface area (Å²) >= 11 is 7.36. The first-order valence-corrected chi connectivity index (χ1v) is 10.2. The fourth-order valence-corrected chi connectivity index (χ4v) is 4.32. The van der Waals surface area contributed by atoms with Crippen LogP contribution in [-0.4, -0.2) is 26.5 Å². The van der Waals surface area contributed by atoms with Crippen molar-refractivity contribution in [1.29, 1.82) is 0 Å². The number of nitrogens with zero attached hydrogens (tertiary/aromatic N) is 3. The molecule has 0 amide bonds. The van der Waals surface area contributed by atoms with Gasteiger partial charge in [0.2, 0.25) is 5.13 Å². The Morgan fingerprint density at radius 1 is 1.19 bits per heavy atom. The molecule has 0 aliphatic carbocycles. The first-order valence-electron chi connectivity index (χ1n) is 7.83. The van der Waals surface area contributed by atoms with Crippen LogP contribution in [0.2, 0.25) is 5.02 Å². The Bertz CT molecular complexity index is 1140. The SMILES string of the molecule is COc1cc(Cl)ccc1-c1nccc2cc(S(=O)Nc3nncs3)ccc12. The van der Waals surface area contributed by atoms with E-state index < -0.39 is 11.0 Å². The molecule has 0 bridgehead atoms. The maximum Gasteiger partial charge on any atom is 0.217 e. The molecule has 2 aromatic carbocycles. The molecule has 4 aromatic rings. The number of methoxy groups -OCH3 is 1. The molecular formula is C18H13ClN4O2S2. The van der Waals surface area contributed by atoms with Crippen LogP contribution < -0.4 is 9.46 Å². The summed E-state index contributed by atoms with van der Waals surface area (Å²) in [5.41, 5.74) is 3.20.